The van der Waals surface area contributed by atoms with E-state index in [9.17, 15) is 4.79 Å². The van der Waals surface area contributed by atoms with Crippen LogP contribution in [0.3, 0.4) is 0 Å². The van der Waals surface area contributed by atoms with Gasteiger partial charge in [-0.25, -0.2) is 0 Å². The number of carbonyl (C=O) groups excluding carboxylic acids is 1. The molecule has 2 aromatic rings. The van der Waals surface area contributed by atoms with Gasteiger partial charge in [0.2, 0.25) is 0 Å². The monoisotopic (exact) mass is 310 g/mol. The highest BCUT2D eigenvalue weighted by Gasteiger charge is 2.12. The van der Waals surface area contributed by atoms with Gasteiger partial charge in [0.25, 0.3) is 5.91 Å². The minimum atomic E-state index is -0.0916. The molecule has 2 aromatic carbocycles. The Bertz CT molecular complexity index is 704. The SMILES string of the molecule is CC(C)Sc1ccccc1C(=O)NCc1cccc(C#N)c1. The number of rotatable bonds is 5. The van der Waals surface area contributed by atoms with E-state index in [2.05, 4.69) is 25.2 Å². The summed E-state index contributed by atoms with van der Waals surface area (Å²) in [6.07, 6.45) is 0. The first-order valence-electron chi connectivity index (χ1n) is 7.13. The standard InChI is InChI=1S/C18H18N2OS/c1-13(2)22-17-9-4-3-8-16(17)18(21)20-12-15-7-5-6-14(10-15)11-19/h3-10,13H,12H2,1-2H3,(H,20,21). The molecule has 0 unspecified atom stereocenters. The number of carbonyl (C=O) groups is 1. The zero-order chi connectivity index (χ0) is 15.9. The highest BCUT2D eigenvalue weighted by Crippen LogP contribution is 2.26. The van der Waals surface area contributed by atoms with Crippen molar-refractivity contribution in [2.45, 2.75) is 30.5 Å². The van der Waals surface area contributed by atoms with Gasteiger partial charge in [0.15, 0.2) is 0 Å². The summed E-state index contributed by atoms with van der Waals surface area (Å²) >= 11 is 1.68. The Kier molecular flexibility index (Phi) is 5.62. The maximum Gasteiger partial charge on any atom is 0.252 e. The molecular formula is C18H18N2OS. The van der Waals surface area contributed by atoms with Crippen LogP contribution in [0, 0.1) is 11.3 Å². The van der Waals surface area contributed by atoms with E-state index in [-0.39, 0.29) is 5.91 Å². The summed E-state index contributed by atoms with van der Waals surface area (Å²) in [5.74, 6) is -0.0916. The van der Waals surface area contributed by atoms with Crippen molar-refractivity contribution >= 4 is 17.7 Å². The van der Waals surface area contributed by atoms with Gasteiger partial charge in [-0.1, -0.05) is 38.1 Å². The van der Waals surface area contributed by atoms with Crippen LogP contribution in [0.25, 0.3) is 0 Å². The van der Waals surface area contributed by atoms with E-state index in [4.69, 9.17) is 5.26 Å². The van der Waals surface area contributed by atoms with Gasteiger partial charge in [0, 0.05) is 16.7 Å². The van der Waals surface area contributed by atoms with Gasteiger partial charge >= 0.3 is 0 Å². The Labute approximate surface area is 135 Å². The molecule has 0 saturated heterocycles. The first-order chi connectivity index (χ1) is 10.6. The molecule has 2 rings (SSSR count). The summed E-state index contributed by atoms with van der Waals surface area (Å²) in [6, 6.07) is 17.0. The van der Waals surface area contributed by atoms with E-state index in [1.165, 1.54) is 0 Å². The van der Waals surface area contributed by atoms with E-state index >= 15 is 0 Å². The largest absolute Gasteiger partial charge is 0.348 e. The average Bonchev–Trinajstić information content (AvgIpc) is 2.53. The van der Waals surface area contributed by atoms with Gasteiger partial charge in [0.1, 0.15) is 0 Å². The second-order valence-electron chi connectivity index (χ2n) is 5.16. The quantitative estimate of drug-likeness (QED) is 0.850. The second kappa shape index (κ2) is 7.67. The molecule has 1 N–H and O–H groups in total. The first kappa shape index (κ1) is 16.1. The van der Waals surface area contributed by atoms with Crippen molar-refractivity contribution in [3.05, 3.63) is 65.2 Å². The van der Waals surface area contributed by atoms with Crippen molar-refractivity contribution in [3.63, 3.8) is 0 Å². The molecule has 0 aliphatic heterocycles. The molecule has 0 spiro atoms. The summed E-state index contributed by atoms with van der Waals surface area (Å²) < 4.78 is 0. The third kappa shape index (κ3) is 4.37. The molecule has 0 bridgehead atoms. The highest BCUT2D eigenvalue weighted by atomic mass is 32.2. The summed E-state index contributed by atoms with van der Waals surface area (Å²) in [5, 5.41) is 12.2. The third-order valence-electron chi connectivity index (χ3n) is 3.00. The smallest absolute Gasteiger partial charge is 0.252 e. The molecule has 0 aliphatic carbocycles. The molecular weight excluding hydrogens is 292 g/mol. The van der Waals surface area contributed by atoms with Crippen LogP contribution < -0.4 is 5.32 Å². The van der Waals surface area contributed by atoms with Crippen LogP contribution in [-0.2, 0) is 6.54 Å². The molecule has 0 saturated carbocycles. The number of benzene rings is 2. The number of hydrogen-bond donors (Lipinski definition) is 1. The zero-order valence-corrected chi connectivity index (χ0v) is 13.5. The zero-order valence-electron chi connectivity index (χ0n) is 12.7. The van der Waals surface area contributed by atoms with Crippen molar-refractivity contribution in [2.75, 3.05) is 0 Å². The van der Waals surface area contributed by atoms with E-state index in [0.29, 0.717) is 22.9 Å². The van der Waals surface area contributed by atoms with Crippen molar-refractivity contribution in [3.8, 4) is 6.07 Å². The topological polar surface area (TPSA) is 52.9 Å². The van der Waals surface area contributed by atoms with Crippen molar-refractivity contribution in [2.24, 2.45) is 0 Å². The number of amides is 1. The van der Waals surface area contributed by atoms with Gasteiger partial charge in [0.05, 0.1) is 17.2 Å². The van der Waals surface area contributed by atoms with Crippen LogP contribution in [0.2, 0.25) is 0 Å². The highest BCUT2D eigenvalue weighted by molar-refractivity contribution is 8.00. The Morgan fingerprint density at radius 3 is 2.73 bits per heavy atom. The Morgan fingerprint density at radius 2 is 2.00 bits per heavy atom. The summed E-state index contributed by atoms with van der Waals surface area (Å²) in [5.41, 5.74) is 2.21. The van der Waals surface area contributed by atoms with Crippen LogP contribution in [-0.4, -0.2) is 11.2 Å². The molecule has 0 fully saturated rings. The van der Waals surface area contributed by atoms with Crippen LogP contribution in [0.4, 0.5) is 0 Å². The maximum atomic E-state index is 12.4. The van der Waals surface area contributed by atoms with Gasteiger partial charge in [-0.2, -0.15) is 5.26 Å². The van der Waals surface area contributed by atoms with Crippen molar-refractivity contribution in [1.29, 1.82) is 5.26 Å². The number of nitrogens with one attached hydrogen (secondary N) is 1. The predicted octanol–water partition coefficient (Wildman–Crippen LogP) is 3.99. The van der Waals surface area contributed by atoms with E-state index < -0.39 is 0 Å². The van der Waals surface area contributed by atoms with Gasteiger partial charge in [-0.15, -0.1) is 11.8 Å². The van der Waals surface area contributed by atoms with Gasteiger partial charge < -0.3 is 5.32 Å². The lowest BCUT2D eigenvalue weighted by atomic mass is 10.1. The number of hydrogen-bond acceptors (Lipinski definition) is 3. The molecule has 0 radical (unpaired) electrons. The Hall–Kier alpha value is -2.25. The second-order valence-corrected chi connectivity index (χ2v) is 6.78. The van der Waals surface area contributed by atoms with Gasteiger partial charge in [-0.3, -0.25) is 4.79 Å². The van der Waals surface area contributed by atoms with Crippen LogP contribution >= 0.6 is 11.8 Å². The normalized spacial score (nSPS) is 10.3. The molecule has 3 nitrogen and oxygen atoms in total. The minimum absolute atomic E-state index is 0.0916. The minimum Gasteiger partial charge on any atom is -0.348 e. The molecule has 22 heavy (non-hydrogen) atoms. The number of thioether (sulfide) groups is 1. The molecule has 112 valence electrons. The third-order valence-corrected chi connectivity index (χ3v) is 4.08. The number of nitrogens with zero attached hydrogens (tertiary/aromatic N) is 1. The average molecular weight is 310 g/mol. The fourth-order valence-corrected chi connectivity index (χ4v) is 2.99. The maximum absolute atomic E-state index is 12.4. The van der Waals surface area contributed by atoms with E-state index in [1.54, 1.807) is 23.9 Å². The lowest BCUT2D eigenvalue weighted by molar-refractivity contribution is 0.0948. The summed E-state index contributed by atoms with van der Waals surface area (Å²) in [6.45, 7) is 4.62. The van der Waals surface area contributed by atoms with Crippen LogP contribution in [0.1, 0.15) is 35.3 Å². The van der Waals surface area contributed by atoms with Crippen molar-refractivity contribution < 1.29 is 4.79 Å². The van der Waals surface area contributed by atoms with Gasteiger partial charge in [-0.05, 0) is 29.8 Å². The molecule has 0 aliphatic rings. The number of nitriles is 1. The van der Waals surface area contributed by atoms with Crippen LogP contribution in [0.5, 0.6) is 0 Å². The first-order valence-corrected chi connectivity index (χ1v) is 8.01. The fourth-order valence-electron chi connectivity index (χ4n) is 2.04. The van der Waals surface area contributed by atoms with E-state index in [1.807, 2.05) is 36.4 Å². The molecule has 0 aromatic heterocycles. The summed E-state index contributed by atoms with van der Waals surface area (Å²) in [4.78, 5) is 13.4. The van der Waals surface area contributed by atoms with Crippen molar-refractivity contribution in [1.82, 2.24) is 5.32 Å². The molecule has 0 heterocycles. The fraction of sp³-hybridized carbons (Fsp3) is 0.222. The lowest BCUT2D eigenvalue weighted by Gasteiger charge is -2.11. The lowest BCUT2D eigenvalue weighted by Crippen LogP contribution is -2.23. The Morgan fingerprint density at radius 1 is 1.23 bits per heavy atom. The summed E-state index contributed by atoms with van der Waals surface area (Å²) in [7, 11) is 0. The van der Waals surface area contributed by atoms with E-state index in [0.717, 1.165) is 10.5 Å². The van der Waals surface area contributed by atoms with Crippen LogP contribution in [0.15, 0.2) is 53.4 Å². The molecule has 1 amide bonds. The molecule has 0 atom stereocenters. The molecule has 4 heteroatoms. The predicted molar refractivity (Wildman–Crippen MR) is 89.8 cm³/mol. The Balaban J connectivity index is 2.08.